The molecule has 4 aromatic carbocycles. The summed E-state index contributed by atoms with van der Waals surface area (Å²) in [7, 11) is -2.85. The number of halogens is 3. The minimum absolute atomic E-state index is 0.0146. The molecule has 4 aromatic rings. The summed E-state index contributed by atoms with van der Waals surface area (Å²) in [4.78, 5) is 30.0. The molecule has 0 fully saturated rings. The summed E-state index contributed by atoms with van der Waals surface area (Å²) in [5.74, 6) is -0.656. The van der Waals surface area contributed by atoms with Crippen molar-refractivity contribution < 1.29 is 22.7 Å². The van der Waals surface area contributed by atoms with Crippen molar-refractivity contribution >= 4 is 62.3 Å². The molecule has 0 aliphatic rings. The van der Waals surface area contributed by atoms with E-state index in [0.717, 1.165) is 15.4 Å². The molecule has 0 saturated heterocycles. The van der Waals surface area contributed by atoms with E-state index >= 15 is 0 Å². The average molecular weight is 731 g/mol. The van der Waals surface area contributed by atoms with Crippen LogP contribution in [-0.4, -0.2) is 50.9 Å². The lowest BCUT2D eigenvalue weighted by Crippen LogP contribution is -2.54. The van der Waals surface area contributed by atoms with Crippen LogP contribution in [0.5, 0.6) is 5.75 Å². The Balaban J connectivity index is 1.85. The maximum atomic E-state index is 14.6. The number of anilines is 1. The Morgan fingerprint density at radius 3 is 2.15 bits per heavy atom. The van der Waals surface area contributed by atoms with Gasteiger partial charge in [-0.15, -0.1) is 0 Å². The van der Waals surface area contributed by atoms with Crippen LogP contribution in [0, 0.1) is 6.92 Å². The van der Waals surface area contributed by atoms with Crippen LogP contribution in [0.2, 0.25) is 15.1 Å². The Bertz CT molecular complexity index is 1840. The van der Waals surface area contributed by atoms with E-state index in [0.29, 0.717) is 22.8 Å². The predicted molar refractivity (Wildman–Crippen MR) is 193 cm³/mol. The van der Waals surface area contributed by atoms with Gasteiger partial charge in [-0.25, -0.2) is 8.42 Å². The van der Waals surface area contributed by atoms with Crippen molar-refractivity contribution in [3.8, 4) is 5.75 Å². The van der Waals surface area contributed by atoms with Gasteiger partial charge in [-0.1, -0.05) is 95.8 Å². The van der Waals surface area contributed by atoms with Crippen LogP contribution in [-0.2, 0) is 32.6 Å². The molecule has 0 aromatic heterocycles. The van der Waals surface area contributed by atoms with Crippen molar-refractivity contribution in [2.75, 3.05) is 18.0 Å². The van der Waals surface area contributed by atoms with Crippen molar-refractivity contribution in [3.63, 3.8) is 0 Å². The lowest BCUT2D eigenvalue weighted by Gasteiger charge is -2.34. The van der Waals surface area contributed by atoms with E-state index in [1.807, 2.05) is 51.1 Å². The Hall–Kier alpha value is -3.76. The Kier molecular flexibility index (Phi) is 12.8. The summed E-state index contributed by atoms with van der Waals surface area (Å²) >= 11 is 19.0. The second kappa shape index (κ2) is 16.6. The van der Waals surface area contributed by atoms with Crippen LogP contribution in [0.4, 0.5) is 5.69 Å². The Morgan fingerprint density at radius 1 is 0.854 bits per heavy atom. The number of hydrogen-bond donors (Lipinski definition) is 1. The number of nitrogens with zero attached hydrogens (tertiary/aromatic N) is 2. The number of aryl methyl sites for hydroxylation is 1. The van der Waals surface area contributed by atoms with Gasteiger partial charge in [0.15, 0.2) is 0 Å². The topological polar surface area (TPSA) is 96.0 Å². The molecule has 48 heavy (non-hydrogen) atoms. The van der Waals surface area contributed by atoms with Crippen LogP contribution >= 0.6 is 34.8 Å². The number of nitrogens with one attached hydrogen (secondary N) is 1. The molecule has 1 N–H and O–H groups in total. The van der Waals surface area contributed by atoms with Crippen LogP contribution < -0.4 is 14.4 Å². The monoisotopic (exact) mass is 729 g/mol. The van der Waals surface area contributed by atoms with E-state index in [-0.39, 0.29) is 45.5 Å². The van der Waals surface area contributed by atoms with Gasteiger partial charge in [-0.3, -0.25) is 13.9 Å². The number of rotatable bonds is 14. The fraction of sp³-hybridized carbons (Fsp3) is 0.278. The third-order valence-corrected chi connectivity index (χ3v) is 10.7. The van der Waals surface area contributed by atoms with Crippen LogP contribution in [0.3, 0.4) is 0 Å². The molecule has 0 unspecified atom stereocenters. The molecule has 0 heterocycles. The fourth-order valence-corrected chi connectivity index (χ4v) is 6.99. The number of carbonyl (C=O) groups is 2. The van der Waals surface area contributed by atoms with E-state index in [1.165, 1.54) is 42.3 Å². The van der Waals surface area contributed by atoms with E-state index in [9.17, 15) is 18.0 Å². The molecule has 0 bridgehead atoms. The molecule has 4 rings (SSSR count). The van der Waals surface area contributed by atoms with E-state index in [1.54, 1.807) is 30.3 Å². The normalized spacial score (nSPS) is 12.6. The third-order valence-electron chi connectivity index (χ3n) is 7.92. The first-order valence-corrected chi connectivity index (χ1v) is 17.9. The quantitative estimate of drug-likeness (QED) is 0.143. The number of sulfonamides is 1. The number of benzene rings is 4. The standard InChI is InChI=1S/C36H38Cl3N3O5S/c1-5-25(3)40-36(44)33(20-26-9-7-6-8-10-26)41(22-27-13-17-30(37)31(38)19-27)35(43)23-42(28-14-18-34(47-4)32(39)21-28)48(45,46)29-15-11-24(2)12-16-29/h6-19,21,25,33H,5,20,22-23H2,1-4H3,(H,40,44)/t25-,33-/m0/s1. The minimum Gasteiger partial charge on any atom is -0.495 e. The summed E-state index contributed by atoms with van der Waals surface area (Å²) in [5, 5.41) is 3.79. The highest BCUT2D eigenvalue weighted by atomic mass is 35.5. The summed E-state index contributed by atoms with van der Waals surface area (Å²) in [5.41, 5.74) is 2.44. The van der Waals surface area contributed by atoms with Gasteiger partial charge in [0.2, 0.25) is 11.8 Å². The second-order valence-corrected chi connectivity index (χ2v) is 14.5. The molecule has 12 heteroatoms. The lowest BCUT2D eigenvalue weighted by molar-refractivity contribution is -0.140. The zero-order valence-corrected chi connectivity index (χ0v) is 30.2. The first-order chi connectivity index (χ1) is 22.8. The van der Waals surface area contributed by atoms with Crippen molar-refractivity contribution in [2.45, 2.75) is 57.1 Å². The van der Waals surface area contributed by atoms with Gasteiger partial charge in [-0.05, 0) is 73.9 Å². The Labute approximate surface area is 297 Å². The van der Waals surface area contributed by atoms with Crippen molar-refractivity contribution in [1.29, 1.82) is 0 Å². The number of ether oxygens (including phenoxy) is 1. The molecular weight excluding hydrogens is 693 g/mol. The first kappa shape index (κ1) is 37.1. The van der Waals surface area contributed by atoms with Crippen LogP contribution in [0.15, 0.2) is 95.9 Å². The molecule has 0 radical (unpaired) electrons. The average Bonchev–Trinajstić information content (AvgIpc) is 3.07. The zero-order chi connectivity index (χ0) is 35.0. The zero-order valence-electron chi connectivity index (χ0n) is 27.1. The molecule has 0 aliphatic heterocycles. The van der Waals surface area contributed by atoms with Gasteiger partial charge in [0, 0.05) is 19.0 Å². The molecular formula is C36H38Cl3N3O5S. The van der Waals surface area contributed by atoms with E-state index < -0.39 is 28.5 Å². The Morgan fingerprint density at radius 2 is 1.54 bits per heavy atom. The highest BCUT2D eigenvalue weighted by Crippen LogP contribution is 2.33. The lowest BCUT2D eigenvalue weighted by atomic mass is 10.0. The third kappa shape index (κ3) is 9.23. The van der Waals surface area contributed by atoms with Gasteiger partial charge >= 0.3 is 0 Å². The van der Waals surface area contributed by atoms with E-state index in [4.69, 9.17) is 39.5 Å². The maximum absolute atomic E-state index is 14.6. The molecule has 2 atom stereocenters. The first-order valence-electron chi connectivity index (χ1n) is 15.3. The summed E-state index contributed by atoms with van der Waals surface area (Å²) in [6, 6.07) is 23.9. The number of hydrogen-bond acceptors (Lipinski definition) is 5. The van der Waals surface area contributed by atoms with Gasteiger partial charge in [0.25, 0.3) is 10.0 Å². The molecule has 0 spiro atoms. The van der Waals surface area contributed by atoms with Gasteiger partial charge < -0.3 is 15.0 Å². The fourth-order valence-electron chi connectivity index (χ4n) is 5.01. The number of methoxy groups -OCH3 is 1. The van der Waals surface area contributed by atoms with Gasteiger partial charge in [0.05, 0.1) is 32.8 Å². The number of carbonyl (C=O) groups excluding carboxylic acids is 2. The van der Waals surface area contributed by atoms with Crippen molar-refractivity contribution in [2.24, 2.45) is 0 Å². The summed E-state index contributed by atoms with van der Waals surface area (Å²) in [6.45, 7) is 4.99. The highest BCUT2D eigenvalue weighted by Gasteiger charge is 2.35. The number of amides is 2. The molecule has 254 valence electrons. The second-order valence-electron chi connectivity index (χ2n) is 11.4. The van der Waals surface area contributed by atoms with Crippen molar-refractivity contribution in [1.82, 2.24) is 10.2 Å². The van der Waals surface area contributed by atoms with Crippen LogP contribution in [0.25, 0.3) is 0 Å². The highest BCUT2D eigenvalue weighted by molar-refractivity contribution is 7.92. The smallest absolute Gasteiger partial charge is 0.264 e. The molecule has 0 saturated carbocycles. The predicted octanol–water partition coefficient (Wildman–Crippen LogP) is 7.71. The summed E-state index contributed by atoms with van der Waals surface area (Å²) in [6.07, 6.45) is 0.848. The SMILES string of the molecule is CC[C@H](C)NC(=O)[C@H](Cc1ccccc1)N(Cc1ccc(Cl)c(Cl)c1)C(=O)CN(c1ccc(OC)c(Cl)c1)S(=O)(=O)c1ccc(C)cc1. The van der Waals surface area contributed by atoms with Gasteiger partial charge in [-0.2, -0.15) is 0 Å². The van der Waals surface area contributed by atoms with E-state index in [2.05, 4.69) is 5.32 Å². The van der Waals surface area contributed by atoms with Crippen molar-refractivity contribution in [3.05, 3.63) is 123 Å². The molecule has 2 amide bonds. The maximum Gasteiger partial charge on any atom is 0.264 e. The van der Waals surface area contributed by atoms with Crippen LogP contribution in [0.1, 0.15) is 37.0 Å². The largest absolute Gasteiger partial charge is 0.495 e. The molecule has 0 aliphatic carbocycles. The van der Waals surface area contributed by atoms with Gasteiger partial charge in [0.1, 0.15) is 18.3 Å². The summed E-state index contributed by atoms with van der Waals surface area (Å²) < 4.78 is 34.8. The minimum atomic E-state index is -4.30. The molecule has 8 nitrogen and oxygen atoms in total.